The maximum Gasteiger partial charge on any atom is 0.220 e. The molecule has 0 rings (SSSR count). The van der Waals surface area contributed by atoms with Gasteiger partial charge in [0, 0.05) is 39.0 Å². The number of unbranched alkanes of at least 4 members (excludes halogenated alkanes) is 24. The maximum atomic E-state index is 12.0. The molecule has 0 aromatic heterocycles. The Balaban J connectivity index is 3.16. The van der Waals surface area contributed by atoms with Gasteiger partial charge in [-0.1, -0.05) is 168 Å². The summed E-state index contributed by atoms with van der Waals surface area (Å²) < 4.78 is 44.5. The molecule has 13 nitrogen and oxygen atoms in total. The van der Waals surface area contributed by atoms with E-state index in [2.05, 4.69) is 29.8 Å². The summed E-state index contributed by atoms with van der Waals surface area (Å²) in [6.07, 6.45) is 35.3. The molecule has 388 valence electrons. The quantitative estimate of drug-likeness (QED) is 0.0502. The minimum Gasteiger partial charge on any atom is -0.378 e. The fraction of sp³-hybridized carbons (Fsp3) is 0.962. The fourth-order valence-electron chi connectivity index (χ4n) is 7.25. The molecule has 0 aromatic carbocycles. The van der Waals surface area contributed by atoms with E-state index in [-0.39, 0.29) is 11.8 Å². The van der Waals surface area contributed by atoms with Crippen molar-refractivity contribution < 1.29 is 47.5 Å². The van der Waals surface area contributed by atoms with Crippen LogP contribution in [0.2, 0.25) is 0 Å². The zero-order valence-electron chi connectivity index (χ0n) is 42.5. The number of ether oxygens (including phenoxy) is 8. The number of hydrogen-bond acceptors (Lipinski definition) is 11. The molecule has 0 aromatic rings. The highest BCUT2D eigenvalue weighted by atomic mass is 16.6. The second kappa shape index (κ2) is 58.7. The van der Waals surface area contributed by atoms with Gasteiger partial charge in [0.1, 0.15) is 0 Å². The summed E-state index contributed by atoms with van der Waals surface area (Å²) in [7, 11) is 0. The van der Waals surface area contributed by atoms with Gasteiger partial charge in [0.05, 0.1) is 106 Å². The van der Waals surface area contributed by atoms with Crippen LogP contribution in [-0.2, 0) is 47.5 Å². The third-order valence-corrected chi connectivity index (χ3v) is 11.2. The van der Waals surface area contributed by atoms with Crippen molar-refractivity contribution >= 4 is 11.8 Å². The predicted molar refractivity (Wildman–Crippen MR) is 266 cm³/mol. The van der Waals surface area contributed by atoms with Crippen LogP contribution in [0.4, 0.5) is 0 Å². The Morgan fingerprint density at radius 2 is 0.462 bits per heavy atom. The van der Waals surface area contributed by atoms with E-state index in [1.54, 1.807) is 0 Å². The summed E-state index contributed by atoms with van der Waals surface area (Å²) in [6.45, 7) is 15.6. The lowest BCUT2D eigenvalue weighted by atomic mass is 10.0. The lowest BCUT2D eigenvalue weighted by Crippen LogP contribution is -2.27. The van der Waals surface area contributed by atoms with Crippen LogP contribution in [0.5, 0.6) is 0 Å². The van der Waals surface area contributed by atoms with Gasteiger partial charge < -0.3 is 53.8 Å². The van der Waals surface area contributed by atoms with E-state index in [9.17, 15) is 9.59 Å². The van der Waals surface area contributed by atoms with Crippen LogP contribution in [0.25, 0.3) is 0 Å². The molecule has 0 aliphatic rings. The van der Waals surface area contributed by atoms with Gasteiger partial charge in [-0.2, -0.15) is 0 Å². The Morgan fingerprint density at radius 3 is 0.708 bits per heavy atom. The molecule has 0 heterocycles. The Hall–Kier alpha value is -1.42. The second-order valence-electron chi connectivity index (χ2n) is 17.3. The van der Waals surface area contributed by atoms with Crippen molar-refractivity contribution in [3.8, 4) is 0 Å². The van der Waals surface area contributed by atoms with E-state index in [1.165, 1.54) is 141 Å². The number of carbonyl (C=O) groups is 2. The zero-order valence-corrected chi connectivity index (χ0v) is 42.5. The van der Waals surface area contributed by atoms with Gasteiger partial charge in [0.15, 0.2) is 0 Å². The van der Waals surface area contributed by atoms with Crippen LogP contribution in [0.15, 0.2) is 0 Å². The molecule has 0 aliphatic heterocycles. The maximum absolute atomic E-state index is 12.0. The Morgan fingerprint density at radius 1 is 0.262 bits per heavy atom. The number of hydrogen-bond donors (Lipinski definition) is 3. The first-order valence-electron chi connectivity index (χ1n) is 27.1. The highest BCUT2D eigenvalue weighted by molar-refractivity contribution is 5.76. The van der Waals surface area contributed by atoms with Crippen LogP contribution in [-0.4, -0.2) is 144 Å². The fourth-order valence-corrected chi connectivity index (χ4v) is 7.25. The Bertz CT molecular complexity index is 852. The molecule has 65 heavy (non-hydrogen) atoms. The molecule has 0 saturated heterocycles. The van der Waals surface area contributed by atoms with Crippen molar-refractivity contribution in [1.82, 2.24) is 16.0 Å². The predicted octanol–water partition coefficient (Wildman–Crippen LogP) is 9.90. The van der Waals surface area contributed by atoms with Crippen LogP contribution in [0.3, 0.4) is 0 Å². The molecule has 0 radical (unpaired) electrons. The van der Waals surface area contributed by atoms with Gasteiger partial charge >= 0.3 is 0 Å². The van der Waals surface area contributed by atoms with E-state index < -0.39 is 0 Å². The van der Waals surface area contributed by atoms with Gasteiger partial charge in [-0.05, 0) is 12.8 Å². The van der Waals surface area contributed by atoms with Gasteiger partial charge in [-0.15, -0.1) is 0 Å². The van der Waals surface area contributed by atoms with E-state index in [0.29, 0.717) is 132 Å². The minimum absolute atomic E-state index is 0.121. The molecule has 0 saturated carbocycles. The molecule has 3 N–H and O–H groups in total. The summed E-state index contributed by atoms with van der Waals surface area (Å²) in [5, 5.41) is 9.19. The summed E-state index contributed by atoms with van der Waals surface area (Å²) in [5.74, 6) is 0.243. The first-order chi connectivity index (χ1) is 32.2. The van der Waals surface area contributed by atoms with Crippen molar-refractivity contribution in [2.75, 3.05) is 132 Å². The first kappa shape index (κ1) is 63.6. The lowest BCUT2D eigenvalue weighted by molar-refractivity contribution is -0.122. The molecule has 0 spiro atoms. The SMILES string of the molecule is CCCCCCCCCCCCCCCC(=O)NCCOCCOCCOCCOCCNCCOCCOCCOCCOCCNC(=O)CCCCCCCCCCCCCCC. The second-order valence-corrected chi connectivity index (χ2v) is 17.3. The highest BCUT2D eigenvalue weighted by Gasteiger charge is 2.03. The van der Waals surface area contributed by atoms with E-state index in [4.69, 9.17) is 37.9 Å². The molecule has 2 amide bonds. The number of nitrogens with one attached hydrogen (secondary N) is 3. The largest absolute Gasteiger partial charge is 0.378 e. The van der Waals surface area contributed by atoms with E-state index >= 15 is 0 Å². The molecular formula is C52H105N3O10. The van der Waals surface area contributed by atoms with Crippen molar-refractivity contribution in [2.24, 2.45) is 0 Å². The zero-order chi connectivity index (χ0) is 46.9. The molecule has 0 fully saturated rings. The average Bonchev–Trinajstić information content (AvgIpc) is 3.31. The molecule has 0 bridgehead atoms. The van der Waals surface area contributed by atoms with Crippen molar-refractivity contribution in [3.63, 3.8) is 0 Å². The van der Waals surface area contributed by atoms with Crippen LogP contribution >= 0.6 is 0 Å². The van der Waals surface area contributed by atoms with Crippen molar-refractivity contribution in [3.05, 3.63) is 0 Å². The summed E-state index contributed by atoms with van der Waals surface area (Å²) >= 11 is 0. The number of rotatable bonds is 58. The smallest absolute Gasteiger partial charge is 0.220 e. The number of amides is 2. The third kappa shape index (κ3) is 58.6. The summed E-state index contributed by atoms with van der Waals surface area (Å²) in [4.78, 5) is 24.0. The Kier molecular flexibility index (Phi) is 57.4. The van der Waals surface area contributed by atoms with Gasteiger partial charge in [-0.3, -0.25) is 9.59 Å². The van der Waals surface area contributed by atoms with Gasteiger partial charge in [0.2, 0.25) is 11.8 Å². The van der Waals surface area contributed by atoms with Gasteiger partial charge in [0.25, 0.3) is 0 Å². The molecular weight excluding hydrogens is 827 g/mol. The number of carbonyl (C=O) groups excluding carboxylic acids is 2. The standard InChI is InChI=1S/C52H105N3O10/c1-3-5-7-9-11-13-15-17-19-21-23-25-27-29-51(56)54-33-37-60-41-45-64-49-47-62-43-39-58-35-31-53-32-36-59-40-44-63-48-50-65-46-42-61-38-34-55-52(57)30-28-26-24-22-20-18-16-14-12-10-8-6-4-2/h53H,3-50H2,1-2H3,(H,54,56)(H,55,57). The molecule has 0 aliphatic carbocycles. The molecule has 0 atom stereocenters. The summed E-state index contributed by atoms with van der Waals surface area (Å²) in [6, 6.07) is 0. The molecule has 13 heteroatoms. The van der Waals surface area contributed by atoms with Gasteiger partial charge in [-0.25, -0.2) is 0 Å². The monoisotopic (exact) mass is 932 g/mol. The summed E-state index contributed by atoms with van der Waals surface area (Å²) in [5.41, 5.74) is 0. The third-order valence-electron chi connectivity index (χ3n) is 11.2. The first-order valence-corrected chi connectivity index (χ1v) is 27.1. The van der Waals surface area contributed by atoms with E-state index in [1.807, 2.05) is 0 Å². The Labute approximate surface area is 399 Å². The highest BCUT2D eigenvalue weighted by Crippen LogP contribution is 2.14. The van der Waals surface area contributed by atoms with Crippen LogP contribution in [0, 0.1) is 0 Å². The lowest BCUT2D eigenvalue weighted by Gasteiger charge is -2.09. The van der Waals surface area contributed by atoms with Crippen molar-refractivity contribution in [2.45, 2.75) is 194 Å². The topological polar surface area (TPSA) is 144 Å². The van der Waals surface area contributed by atoms with Crippen LogP contribution in [0.1, 0.15) is 194 Å². The normalized spacial score (nSPS) is 11.5. The average molecular weight is 932 g/mol. The van der Waals surface area contributed by atoms with E-state index in [0.717, 1.165) is 38.8 Å². The van der Waals surface area contributed by atoms with Crippen LogP contribution < -0.4 is 16.0 Å². The minimum atomic E-state index is 0.121. The van der Waals surface area contributed by atoms with Crippen molar-refractivity contribution in [1.29, 1.82) is 0 Å². The molecule has 0 unspecified atom stereocenters.